The van der Waals surface area contributed by atoms with Crippen LogP contribution in [0.3, 0.4) is 0 Å². The topological polar surface area (TPSA) is 84.9 Å². The number of rotatable bonds is 9. The van der Waals surface area contributed by atoms with Gasteiger partial charge in [0, 0.05) is 13.5 Å². The number of carbonyl (C=O) groups is 2. The molecule has 1 amide bonds. The summed E-state index contributed by atoms with van der Waals surface area (Å²) in [6.07, 6.45) is 0.111. The van der Waals surface area contributed by atoms with Crippen molar-refractivity contribution in [2.75, 3.05) is 26.9 Å². The van der Waals surface area contributed by atoms with Crippen LogP contribution in [0.15, 0.2) is 30.3 Å². The summed E-state index contributed by atoms with van der Waals surface area (Å²) < 4.78 is 9.96. The average molecular weight is 281 g/mol. The van der Waals surface area contributed by atoms with E-state index >= 15 is 0 Å². The number of carboxylic acid groups (broad SMARTS) is 1. The Kier molecular flexibility index (Phi) is 7.31. The molecule has 2 N–H and O–H groups in total. The van der Waals surface area contributed by atoms with Crippen LogP contribution in [0.5, 0.6) is 0 Å². The SMILES string of the molecule is COCCOCCC(=O)NC(C(=O)O)c1ccccc1. The zero-order valence-corrected chi connectivity index (χ0v) is 11.4. The minimum Gasteiger partial charge on any atom is -0.479 e. The predicted molar refractivity (Wildman–Crippen MR) is 72.3 cm³/mol. The molecular weight excluding hydrogens is 262 g/mol. The van der Waals surface area contributed by atoms with Crippen molar-refractivity contribution in [2.45, 2.75) is 12.5 Å². The van der Waals surface area contributed by atoms with E-state index in [-0.39, 0.29) is 18.9 Å². The number of carbonyl (C=O) groups excluding carboxylic acids is 1. The largest absolute Gasteiger partial charge is 0.479 e. The molecule has 110 valence electrons. The van der Waals surface area contributed by atoms with Gasteiger partial charge in [0.05, 0.1) is 19.8 Å². The van der Waals surface area contributed by atoms with E-state index in [9.17, 15) is 9.59 Å². The Bertz CT molecular complexity index is 421. The van der Waals surface area contributed by atoms with Gasteiger partial charge in [-0.05, 0) is 5.56 Å². The van der Waals surface area contributed by atoms with Crippen LogP contribution in [0.1, 0.15) is 18.0 Å². The lowest BCUT2D eigenvalue weighted by molar-refractivity contribution is -0.142. The van der Waals surface area contributed by atoms with Crippen molar-refractivity contribution in [1.82, 2.24) is 5.32 Å². The van der Waals surface area contributed by atoms with Crippen LogP contribution in [0.4, 0.5) is 0 Å². The molecule has 0 aliphatic carbocycles. The van der Waals surface area contributed by atoms with Gasteiger partial charge in [0.1, 0.15) is 0 Å². The third kappa shape index (κ3) is 5.81. The number of amides is 1. The van der Waals surface area contributed by atoms with Gasteiger partial charge in [-0.2, -0.15) is 0 Å². The molecule has 0 bridgehead atoms. The number of nitrogens with one attached hydrogen (secondary N) is 1. The Morgan fingerprint density at radius 3 is 2.50 bits per heavy atom. The van der Waals surface area contributed by atoms with Crippen molar-refractivity contribution in [3.05, 3.63) is 35.9 Å². The lowest BCUT2D eigenvalue weighted by Crippen LogP contribution is -2.34. The number of hydrogen-bond donors (Lipinski definition) is 2. The van der Waals surface area contributed by atoms with E-state index in [0.29, 0.717) is 18.8 Å². The molecule has 0 radical (unpaired) electrons. The van der Waals surface area contributed by atoms with Crippen molar-refractivity contribution in [2.24, 2.45) is 0 Å². The maximum atomic E-state index is 11.7. The fraction of sp³-hybridized carbons (Fsp3) is 0.429. The zero-order chi connectivity index (χ0) is 14.8. The first-order valence-corrected chi connectivity index (χ1v) is 6.29. The van der Waals surface area contributed by atoms with Crippen LogP contribution in [0, 0.1) is 0 Å². The van der Waals surface area contributed by atoms with Gasteiger partial charge in [-0.1, -0.05) is 30.3 Å². The maximum absolute atomic E-state index is 11.7. The summed E-state index contributed by atoms with van der Waals surface area (Å²) in [4.78, 5) is 22.9. The van der Waals surface area contributed by atoms with Crippen LogP contribution in [-0.2, 0) is 19.1 Å². The Hall–Kier alpha value is -1.92. The van der Waals surface area contributed by atoms with Crippen molar-refractivity contribution in [1.29, 1.82) is 0 Å². The standard InChI is InChI=1S/C14H19NO5/c1-19-9-10-20-8-7-12(16)15-13(14(17)18)11-5-3-2-4-6-11/h2-6,13H,7-10H2,1H3,(H,15,16)(H,17,18). The summed E-state index contributed by atoms with van der Waals surface area (Å²) in [5.74, 6) is -1.46. The minimum absolute atomic E-state index is 0.111. The molecule has 1 rings (SSSR count). The van der Waals surface area contributed by atoms with Gasteiger partial charge in [-0.3, -0.25) is 4.79 Å². The van der Waals surface area contributed by atoms with Crippen molar-refractivity contribution in [3.63, 3.8) is 0 Å². The van der Waals surface area contributed by atoms with Gasteiger partial charge < -0.3 is 19.9 Å². The third-order valence-electron chi connectivity index (χ3n) is 2.59. The van der Waals surface area contributed by atoms with Gasteiger partial charge in [0.25, 0.3) is 0 Å². The van der Waals surface area contributed by atoms with E-state index in [1.165, 1.54) is 0 Å². The second kappa shape index (κ2) is 9.06. The molecule has 6 heteroatoms. The van der Waals surface area contributed by atoms with Gasteiger partial charge in [-0.25, -0.2) is 4.79 Å². The number of methoxy groups -OCH3 is 1. The molecule has 20 heavy (non-hydrogen) atoms. The molecule has 6 nitrogen and oxygen atoms in total. The predicted octanol–water partition coefficient (Wildman–Crippen LogP) is 0.982. The summed E-state index contributed by atoms with van der Waals surface area (Å²) in [6, 6.07) is 7.52. The van der Waals surface area contributed by atoms with E-state index in [2.05, 4.69) is 5.32 Å². The van der Waals surface area contributed by atoms with Crippen molar-refractivity contribution >= 4 is 11.9 Å². The van der Waals surface area contributed by atoms with E-state index in [1.54, 1.807) is 37.4 Å². The summed E-state index contributed by atoms with van der Waals surface area (Å²) in [7, 11) is 1.56. The Morgan fingerprint density at radius 2 is 1.90 bits per heavy atom. The normalized spacial score (nSPS) is 11.8. The third-order valence-corrected chi connectivity index (χ3v) is 2.59. The first-order chi connectivity index (χ1) is 9.65. The monoisotopic (exact) mass is 281 g/mol. The number of benzene rings is 1. The van der Waals surface area contributed by atoms with E-state index < -0.39 is 12.0 Å². The zero-order valence-electron chi connectivity index (χ0n) is 11.4. The Labute approximate surface area is 117 Å². The van der Waals surface area contributed by atoms with E-state index in [1.807, 2.05) is 0 Å². The highest BCUT2D eigenvalue weighted by molar-refractivity contribution is 5.84. The highest BCUT2D eigenvalue weighted by atomic mass is 16.5. The molecule has 0 saturated carbocycles. The molecule has 1 aromatic carbocycles. The molecule has 0 saturated heterocycles. The second-order valence-electron chi connectivity index (χ2n) is 4.10. The smallest absolute Gasteiger partial charge is 0.330 e. The first kappa shape index (κ1) is 16.1. The number of aliphatic carboxylic acids is 1. The molecular formula is C14H19NO5. The molecule has 1 unspecified atom stereocenters. The molecule has 0 fully saturated rings. The quantitative estimate of drug-likeness (QED) is 0.659. The average Bonchev–Trinajstić information content (AvgIpc) is 2.45. The summed E-state index contributed by atoms with van der Waals surface area (Å²) in [5.41, 5.74) is 0.536. The molecule has 0 aromatic heterocycles. The highest BCUT2D eigenvalue weighted by Gasteiger charge is 2.21. The van der Waals surface area contributed by atoms with E-state index in [4.69, 9.17) is 14.6 Å². The summed E-state index contributed by atoms with van der Waals surface area (Å²) in [6.45, 7) is 1.10. The first-order valence-electron chi connectivity index (χ1n) is 6.29. The maximum Gasteiger partial charge on any atom is 0.330 e. The molecule has 1 aromatic rings. The minimum atomic E-state index is -1.09. The van der Waals surface area contributed by atoms with Gasteiger partial charge in [0.2, 0.25) is 5.91 Å². The van der Waals surface area contributed by atoms with Crippen LogP contribution in [-0.4, -0.2) is 43.9 Å². The Balaban J connectivity index is 2.43. The van der Waals surface area contributed by atoms with Crippen LogP contribution >= 0.6 is 0 Å². The van der Waals surface area contributed by atoms with Crippen LogP contribution in [0.25, 0.3) is 0 Å². The fourth-order valence-corrected chi connectivity index (χ4v) is 1.58. The fourth-order valence-electron chi connectivity index (χ4n) is 1.58. The van der Waals surface area contributed by atoms with Gasteiger partial charge in [-0.15, -0.1) is 0 Å². The molecule has 0 heterocycles. The second-order valence-corrected chi connectivity index (χ2v) is 4.10. The molecule has 1 atom stereocenters. The Morgan fingerprint density at radius 1 is 1.20 bits per heavy atom. The molecule has 0 spiro atoms. The van der Waals surface area contributed by atoms with Crippen LogP contribution in [0.2, 0.25) is 0 Å². The van der Waals surface area contributed by atoms with E-state index in [0.717, 1.165) is 0 Å². The van der Waals surface area contributed by atoms with Crippen molar-refractivity contribution in [3.8, 4) is 0 Å². The highest BCUT2D eigenvalue weighted by Crippen LogP contribution is 2.12. The summed E-state index contributed by atoms with van der Waals surface area (Å²) >= 11 is 0. The van der Waals surface area contributed by atoms with Crippen molar-refractivity contribution < 1.29 is 24.2 Å². The molecule has 0 aliphatic heterocycles. The number of ether oxygens (including phenoxy) is 2. The van der Waals surface area contributed by atoms with Gasteiger partial charge >= 0.3 is 5.97 Å². The van der Waals surface area contributed by atoms with Crippen LogP contribution < -0.4 is 5.32 Å². The summed E-state index contributed by atoms with van der Waals surface area (Å²) in [5, 5.41) is 11.6. The van der Waals surface area contributed by atoms with Gasteiger partial charge in [0.15, 0.2) is 6.04 Å². The number of hydrogen-bond acceptors (Lipinski definition) is 4. The number of carboxylic acids is 1. The molecule has 0 aliphatic rings. The lowest BCUT2D eigenvalue weighted by atomic mass is 10.1. The lowest BCUT2D eigenvalue weighted by Gasteiger charge is -2.14.